The van der Waals surface area contributed by atoms with Crippen LogP contribution in [0.4, 0.5) is 0 Å². The van der Waals surface area contributed by atoms with Crippen molar-refractivity contribution >= 4 is 17.6 Å². The van der Waals surface area contributed by atoms with E-state index in [0.717, 1.165) is 16.7 Å². The van der Waals surface area contributed by atoms with Crippen LogP contribution in [0.5, 0.6) is 5.75 Å². The number of carboxylic acids is 1. The Kier molecular flexibility index (Phi) is 4.86. The molecule has 1 N–H and O–H groups in total. The number of rotatable bonds is 5. The molecule has 110 valence electrons. The summed E-state index contributed by atoms with van der Waals surface area (Å²) in [6.45, 7) is 3.83. The highest BCUT2D eigenvalue weighted by Gasteiger charge is 2.20. The van der Waals surface area contributed by atoms with E-state index in [-0.39, 0.29) is 0 Å². The third-order valence-electron chi connectivity index (χ3n) is 3.19. The van der Waals surface area contributed by atoms with Gasteiger partial charge in [-0.1, -0.05) is 41.4 Å². The van der Waals surface area contributed by atoms with Gasteiger partial charge in [0.1, 0.15) is 5.75 Å². The first-order valence-electron chi connectivity index (χ1n) is 6.67. The zero-order valence-corrected chi connectivity index (χ0v) is 12.7. The second kappa shape index (κ2) is 6.64. The van der Waals surface area contributed by atoms with E-state index in [1.54, 1.807) is 18.2 Å². The first-order chi connectivity index (χ1) is 9.95. The molecule has 21 heavy (non-hydrogen) atoms. The Morgan fingerprint density at radius 3 is 2.62 bits per heavy atom. The Morgan fingerprint density at radius 1 is 1.24 bits per heavy atom. The van der Waals surface area contributed by atoms with Gasteiger partial charge in [-0.05, 0) is 43.2 Å². The molecule has 0 amide bonds. The van der Waals surface area contributed by atoms with Gasteiger partial charge in [0.05, 0.1) is 0 Å². The summed E-state index contributed by atoms with van der Waals surface area (Å²) in [6.07, 6.45) is -0.606. The van der Waals surface area contributed by atoms with Crippen LogP contribution in [0.15, 0.2) is 42.5 Å². The second-order valence-corrected chi connectivity index (χ2v) is 5.46. The molecule has 3 nitrogen and oxygen atoms in total. The quantitative estimate of drug-likeness (QED) is 0.907. The molecule has 2 rings (SSSR count). The molecular formula is C17H17ClO3. The van der Waals surface area contributed by atoms with Crippen molar-refractivity contribution in [1.29, 1.82) is 0 Å². The van der Waals surface area contributed by atoms with Crippen molar-refractivity contribution in [1.82, 2.24) is 0 Å². The number of carbonyl (C=O) groups is 1. The average molecular weight is 305 g/mol. The molecule has 0 aromatic heterocycles. The molecule has 0 fully saturated rings. The third kappa shape index (κ3) is 4.23. The Morgan fingerprint density at radius 2 is 2.00 bits per heavy atom. The highest BCUT2D eigenvalue weighted by molar-refractivity contribution is 6.31. The molecule has 4 heteroatoms. The maximum absolute atomic E-state index is 11.4. The largest absolute Gasteiger partial charge is 0.478 e. The Bertz CT molecular complexity index is 652. The number of aliphatic carboxylic acids is 1. The summed E-state index contributed by atoms with van der Waals surface area (Å²) in [5.74, 6) is -0.471. The molecule has 0 radical (unpaired) electrons. The van der Waals surface area contributed by atoms with Crippen LogP contribution in [0.3, 0.4) is 0 Å². The summed E-state index contributed by atoms with van der Waals surface area (Å²) in [4.78, 5) is 11.4. The summed E-state index contributed by atoms with van der Waals surface area (Å²) < 4.78 is 5.60. The number of ether oxygens (including phenoxy) is 1. The molecule has 2 aromatic carbocycles. The standard InChI is InChI=1S/C17H17ClO3/c1-11-4-3-5-13(8-11)10-16(17(19)20)21-14-6-7-15(18)12(2)9-14/h3-9,16H,10H2,1-2H3,(H,19,20)/t16-/m1/s1. The summed E-state index contributed by atoms with van der Waals surface area (Å²) in [7, 11) is 0. The van der Waals surface area contributed by atoms with Crippen LogP contribution in [0.2, 0.25) is 5.02 Å². The van der Waals surface area contributed by atoms with Gasteiger partial charge in [-0.15, -0.1) is 0 Å². The molecule has 1 atom stereocenters. The number of benzene rings is 2. The van der Waals surface area contributed by atoms with Crippen LogP contribution in [0.25, 0.3) is 0 Å². The van der Waals surface area contributed by atoms with Crippen molar-refractivity contribution in [2.24, 2.45) is 0 Å². The van der Waals surface area contributed by atoms with Crippen molar-refractivity contribution in [3.63, 3.8) is 0 Å². The fourth-order valence-electron chi connectivity index (χ4n) is 2.09. The summed E-state index contributed by atoms with van der Waals surface area (Å²) >= 11 is 5.96. The van der Waals surface area contributed by atoms with E-state index in [0.29, 0.717) is 17.2 Å². The minimum absolute atomic E-state index is 0.318. The molecule has 0 bridgehead atoms. The lowest BCUT2D eigenvalue weighted by Gasteiger charge is -2.16. The van der Waals surface area contributed by atoms with Gasteiger partial charge in [-0.3, -0.25) is 0 Å². The van der Waals surface area contributed by atoms with Crippen molar-refractivity contribution in [3.05, 3.63) is 64.2 Å². The van der Waals surface area contributed by atoms with E-state index < -0.39 is 12.1 Å². The molecule has 0 aliphatic heterocycles. The maximum Gasteiger partial charge on any atom is 0.345 e. The summed E-state index contributed by atoms with van der Waals surface area (Å²) in [5.41, 5.74) is 2.89. The van der Waals surface area contributed by atoms with E-state index >= 15 is 0 Å². The van der Waals surface area contributed by atoms with E-state index in [9.17, 15) is 9.90 Å². The average Bonchev–Trinajstić information content (AvgIpc) is 2.42. The third-order valence-corrected chi connectivity index (χ3v) is 3.61. The van der Waals surface area contributed by atoms with Crippen LogP contribution < -0.4 is 4.74 Å². The van der Waals surface area contributed by atoms with Gasteiger partial charge in [0.2, 0.25) is 0 Å². The van der Waals surface area contributed by atoms with Crippen LogP contribution in [0, 0.1) is 13.8 Å². The molecule has 0 spiro atoms. The van der Waals surface area contributed by atoms with Crippen molar-refractivity contribution in [2.45, 2.75) is 26.4 Å². The first kappa shape index (κ1) is 15.4. The monoisotopic (exact) mass is 304 g/mol. The molecule has 0 heterocycles. The highest BCUT2D eigenvalue weighted by Crippen LogP contribution is 2.22. The van der Waals surface area contributed by atoms with E-state index in [1.165, 1.54) is 0 Å². The predicted molar refractivity (Wildman–Crippen MR) is 83.1 cm³/mol. The summed E-state index contributed by atoms with van der Waals surface area (Å²) in [6, 6.07) is 12.9. The maximum atomic E-state index is 11.4. The van der Waals surface area contributed by atoms with Crippen LogP contribution >= 0.6 is 11.6 Å². The Hall–Kier alpha value is -2.00. The fraction of sp³-hybridized carbons (Fsp3) is 0.235. The molecule has 0 aliphatic carbocycles. The van der Waals surface area contributed by atoms with Gasteiger partial charge >= 0.3 is 5.97 Å². The smallest absolute Gasteiger partial charge is 0.345 e. The minimum Gasteiger partial charge on any atom is -0.478 e. The predicted octanol–water partition coefficient (Wildman–Crippen LogP) is 4.03. The normalized spacial score (nSPS) is 12.0. The Labute approximate surface area is 129 Å². The number of hydrogen-bond acceptors (Lipinski definition) is 2. The van der Waals surface area contributed by atoms with Gasteiger partial charge in [0, 0.05) is 11.4 Å². The van der Waals surface area contributed by atoms with Gasteiger partial charge in [0.15, 0.2) is 6.10 Å². The minimum atomic E-state index is -0.982. The van der Waals surface area contributed by atoms with Gasteiger partial charge < -0.3 is 9.84 Å². The second-order valence-electron chi connectivity index (χ2n) is 5.05. The molecule has 2 aromatic rings. The number of aryl methyl sites for hydroxylation is 2. The number of hydrogen-bond donors (Lipinski definition) is 1. The van der Waals surface area contributed by atoms with Crippen LogP contribution in [-0.4, -0.2) is 17.2 Å². The van der Waals surface area contributed by atoms with Crippen molar-refractivity contribution < 1.29 is 14.6 Å². The van der Waals surface area contributed by atoms with Gasteiger partial charge in [-0.25, -0.2) is 4.79 Å². The molecule has 0 aliphatic rings. The molecular weight excluding hydrogens is 288 g/mol. The lowest BCUT2D eigenvalue weighted by atomic mass is 10.1. The highest BCUT2D eigenvalue weighted by atomic mass is 35.5. The van der Waals surface area contributed by atoms with Crippen molar-refractivity contribution in [3.8, 4) is 5.75 Å². The fourth-order valence-corrected chi connectivity index (χ4v) is 2.20. The van der Waals surface area contributed by atoms with Gasteiger partial charge in [-0.2, -0.15) is 0 Å². The zero-order chi connectivity index (χ0) is 15.4. The Balaban J connectivity index is 2.15. The van der Waals surface area contributed by atoms with E-state index in [1.807, 2.05) is 38.1 Å². The first-order valence-corrected chi connectivity index (χ1v) is 7.04. The van der Waals surface area contributed by atoms with Crippen molar-refractivity contribution in [2.75, 3.05) is 0 Å². The molecule has 0 unspecified atom stereocenters. The number of carboxylic acid groups (broad SMARTS) is 1. The molecule has 0 saturated heterocycles. The topological polar surface area (TPSA) is 46.5 Å². The van der Waals surface area contributed by atoms with Crippen LogP contribution in [0.1, 0.15) is 16.7 Å². The van der Waals surface area contributed by atoms with Crippen LogP contribution in [-0.2, 0) is 11.2 Å². The number of halogens is 1. The molecule has 0 saturated carbocycles. The summed E-state index contributed by atoms with van der Waals surface area (Å²) in [5, 5.41) is 9.97. The zero-order valence-electron chi connectivity index (χ0n) is 12.0. The SMILES string of the molecule is Cc1cccc(C[C@@H](Oc2ccc(Cl)c(C)c2)C(=O)O)c1. The van der Waals surface area contributed by atoms with E-state index in [2.05, 4.69) is 0 Å². The van der Waals surface area contributed by atoms with E-state index in [4.69, 9.17) is 16.3 Å². The lowest BCUT2D eigenvalue weighted by molar-refractivity contribution is -0.145. The van der Waals surface area contributed by atoms with Gasteiger partial charge in [0.25, 0.3) is 0 Å². The lowest BCUT2D eigenvalue weighted by Crippen LogP contribution is -2.29.